The number of nitrogens with zero attached hydrogens (tertiary/aromatic N) is 1. The molecule has 5 aliphatic carbocycles. The zero-order chi connectivity index (χ0) is 33.7. The van der Waals surface area contributed by atoms with E-state index < -0.39 is 11.4 Å². The number of rotatable bonds is 4. The summed E-state index contributed by atoms with van der Waals surface area (Å²) >= 11 is 6.45. The first-order valence-corrected chi connectivity index (χ1v) is 18.3. The minimum atomic E-state index is -1.02. The van der Waals surface area contributed by atoms with E-state index in [-0.39, 0.29) is 44.3 Å². The highest BCUT2D eigenvalue weighted by Gasteiger charge is 2.69. The van der Waals surface area contributed by atoms with E-state index in [2.05, 4.69) is 54.5 Å². The van der Waals surface area contributed by atoms with Crippen molar-refractivity contribution in [1.29, 1.82) is 0 Å². The minimum Gasteiger partial charge on any atom is -0.478 e. The van der Waals surface area contributed by atoms with Gasteiger partial charge in [0.2, 0.25) is 0 Å². The van der Waals surface area contributed by atoms with E-state index >= 15 is 0 Å². The maximum absolute atomic E-state index is 14.3. The van der Waals surface area contributed by atoms with Crippen molar-refractivity contribution in [3.05, 3.63) is 75.6 Å². The summed E-state index contributed by atoms with van der Waals surface area (Å²) in [6.07, 6.45) is 10.4. The van der Waals surface area contributed by atoms with Crippen molar-refractivity contribution in [3.8, 4) is 0 Å². The van der Waals surface area contributed by atoms with Gasteiger partial charge in [-0.3, -0.25) is 4.79 Å². The van der Waals surface area contributed by atoms with Gasteiger partial charge in [-0.15, -0.1) is 0 Å². The van der Waals surface area contributed by atoms with Gasteiger partial charge in [-0.05, 0) is 114 Å². The van der Waals surface area contributed by atoms with Crippen LogP contribution in [-0.4, -0.2) is 22.0 Å². The van der Waals surface area contributed by atoms with Crippen molar-refractivity contribution < 1.29 is 19.4 Å². The number of halogens is 1. The normalized spacial score (nSPS) is 40.0. The quantitative estimate of drug-likeness (QED) is 0.201. The lowest BCUT2D eigenvalue weighted by Gasteiger charge is -2.71. The summed E-state index contributed by atoms with van der Waals surface area (Å²) in [5, 5.41) is 10.00. The van der Waals surface area contributed by atoms with E-state index in [1.165, 1.54) is 5.57 Å². The molecule has 0 saturated heterocycles. The van der Waals surface area contributed by atoms with Gasteiger partial charge < -0.3 is 9.84 Å². The number of hydrogen-bond acceptors (Lipinski definition) is 4. The molecule has 9 atom stereocenters. The Kier molecular flexibility index (Phi) is 7.64. The number of pyridine rings is 1. The molecule has 1 heterocycles. The lowest BCUT2D eigenvalue weighted by molar-refractivity contribution is -0.184. The zero-order valence-electron chi connectivity index (χ0n) is 29.3. The third-order valence-corrected chi connectivity index (χ3v) is 15.5. The van der Waals surface area contributed by atoms with Gasteiger partial charge in [-0.2, -0.15) is 0 Å². The average molecular weight is 658 g/mol. The van der Waals surface area contributed by atoms with Crippen LogP contribution in [0.3, 0.4) is 0 Å². The summed E-state index contributed by atoms with van der Waals surface area (Å²) in [5.74, 6) is 0.944. The lowest BCUT2D eigenvalue weighted by atomic mass is 9.33. The second kappa shape index (κ2) is 10.9. The molecular formula is C41H52ClNO4. The fourth-order valence-corrected chi connectivity index (χ4v) is 12.7. The Labute approximate surface area is 285 Å². The highest BCUT2D eigenvalue weighted by atomic mass is 35.5. The predicted octanol–water partition coefficient (Wildman–Crippen LogP) is 9.85. The molecule has 3 saturated carbocycles. The van der Waals surface area contributed by atoms with Crippen LogP contribution in [0.1, 0.15) is 121 Å². The minimum absolute atomic E-state index is 0.00188. The second-order valence-corrected chi connectivity index (χ2v) is 17.8. The van der Waals surface area contributed by atoms with Crippen molar-refractivity contribution in [1.82, 2.24) is 4.98 Å². The third kappa shape index (κ3) is 4.50. The number of ether oxygens (including phenoxy) is 1. The van der Waals surface area contributed by atoms with Crippen LogP contribution in [-0.2, 0) is 28.0 Å². The first kappa shape index (κ1) is 32.9. The summed E-state index contributed by atoms with van der Waals surface area (Å²) in [4.78, 5) is 31.2. The Morgan fingerprint density at radius 1 is 0.979 bits per heavy atom. The largest absolute Gasteiger partial charge is 0.478 e. The monoisotopic (exact) mass is 657 g/mol. The van der Waals surface area contributed by atoms with Crippen molar-refractivity contribution in [2.45, 2.75) is 112 Å². The summed E-state index contributed by atoms with van der Waals surface area (Å²) in [5.41, 5.74) is 3.95. The molecule has 252 valence electrons. The third-order valence-electron chi connectivity index (χ3n) is 15.2. The summed E-state index contributed by atoms with van der Waals surface area (Å²) in [6, 6.07) is 11.9. The van der Waals surface area contributed by atoms with Gasteiger partial charge >= 0.3 is 11.9 Å². The topological polar surface area (TPSA) is 76.5 Å². The highest BCUT2D eigenvalue weighted by molar-refractivity contribution is 6.32. The van der Waals surface area contributed by atoms with Crippen LogP contribution in [0.25, 0.3) is 0 Å². The van der Waals surface area contributed by atoms with Gasteiger partial charge in [-0.25, -0.2) is 9.78 Å². The molecule has 0 aliphatic heterocycles. The molecule has 1 aromatic carbocycles. The van der Waals surface area contributed by atoms with Crippen molar-refractivity contribution in [3.63, 3.8) is 0 Å². The van der Waals surface area contributed by atoms with Crippen LogP contribution in [0, 0.1) is 51.2 Å². The maximum Gasteiger partial charge on any atom is 0.338 e. The molecule has 47 heavy (non-hydrogen) atoms. The van der Waals surface area contributed by atoms with Gasteiger partial charge in [0.15, 0.2) is 0 Å². The molecule has 0 spiro atoms. The number of carbonyl (C=O) groups excluding carboxylic acids is 1. The first-order chi connectivity index (χ1) is 22.1. The van der Waals surface area contributed by atoms with Crippen LogP contribution in [0.4, 0.5) is 0 Å². The van der Waals surface area contributed by atoms with Crippen molar-refractivity contribution >= 4 is 23.5 Å². The van der Waals surface area contributed by atoms with Gasteiger partial charge in [0.1, 0.15) is 11.8 Å². The SMILES string of the molecule is C[C@@H]1CC[C@]2(C(=O)OCc3ccccc3)CC[C@]3(C)C(=CC[C@@H]4[C@@]5(C)Cc6cc(C(=O)O)c(Cl)nc6C(C)(C)[C@@H]5CC[C@]43C)C2[C@H]1C. The van der Waals surface area contributed by atoms with Gasteiger partial charge in [0.25, 0.3) is 0 Å². The molecule has 7 rings (SSSR count). The Morgan fingerprint density at radius 3 is 2.40 bits per heavy atom. The van der Waals surface area contributed by atoms with E-state index in [0.29, 0.717) is 30.3 Å². The molecule has 1 unspecified atom stereocenters. The number of esters is 1. The number of allylic oxidation sites excluding steroid dienone is 2. The molecule has 6 heteroatoms. The predicted molar refractivity (Wildman–Crippen MR) is 185 cm³/mol. The molecule has 3 fully saturated rings. The number of aromatic carboxylic acids is 1. The molecule has 0 bridgehead atoms. The van der Waals surface area contributed by atoms with Crippen LogP contribution in [0.15, 0.2) is 48.0 Å². The number of fused-ring (bicyclic) bond motifs is 8. The number of benzene rings is 1. The fraction of sp³-hybridized carbons (Fsp3) is 0.634. The molecule has 5 nitrogen and oxygen atoms in total. The second-order valence-electron chi connectivity index (χ2n) is 17.4. The molecule has 2 aromatic rings. The Hall–Kier alpha value is -2.66. The number of carbonyl (C=O) groups is 2. The smallest absolute Gasteiger partial charge is 0.338 e. The van der Waals surface area contributed by atoms with Gasteiger partial charge in [0, 0.05) is 5.41 Å². The van der Waals surface area contributed by atoms with Crippen LogP contribution >= 0.6 is 11.6 Å². The molecule has 1 aromatic heterocycles. The lowest BCUT2D eigenvalue weighted by Crippen LogP contribution is -2.65. The molecule has 5 aliphatic rings. The number of hydrogen-bond donors (Lipinski definition) is 1. The standard InChI is InChI=1S/C41H52ClNO4/c1-24-15-18-41(36(46)47-23-26-11-9-8-10-12-26)20-19-39(6)29(32(41)25(24)2)13-14-31-38(5)22-27-21-28(35(44)45)34(42)43-33(27)37(3,4)30(38)16-17-40(31,39)7/h8-13,21,24-25,30-32H,14-20,22-23H2,1-7H3,(H,44,45)/t24-,25+,30+,31-,32?,38+,39-,40-,41+/m1/s1. The molecule has 0 radical (unpaired) electrons. The summed E-state index contributed by atoms with van der Waals surface area (Å²) in [7, 11) is 0. The fourth-order valence-electron chi connectivity index (χ4n) is 12.5. The van der Waals surface area contributed by atoms with Crippen molar-refractivity contribution in [2.75, 3.05) is 0 Å². The Morgan fingerprint density at radius 2 is 1.70 bits per heavy atom. The van der Waals surface area contributed by atoms with Crippen LogP contribution in [0.2, 0.25) is 5.15 Å². The van der Waals surface area contributed by atoms with E-state index in [9.17, 15) is 14.7 Å². The zero-order valence-corrected chi connectivity index (χ0v) is 30.0. The summed E-state index contributed by atoms with van der Waals surface area (Å²) < 4.78 is 6.21. The number of carboxylic acids is 1. The van der Waals surface area contributed by atoms with E-state index in [0.717, 1.165) is 68.2 Å². The summed E-state index contributed by atoms with van der Waals surface area (Å²) in [6.45, 7) is 17.3. The highest BCUT2D eigenvalue weighted by Crippen LogP contribution is 2.75. The maximum atomic E-state index is 14.3. The van der Waals surface area contributed by atoms with E-state index in [1.807, 2.05) is 36.4 Å². The van der Waals surface area contributed by atoms with Crippen LogP contribution in [0.5, 0.6) is 0 Å². The number of carboxylic acid groups (broad SMARTS) is 1. The average Bonchev–Trinajstić information content (AvgIpc) is 3.02. The molecule has 1 N–H and O–H groups in total. The molecular weight excluding hydrogens is 606 g/mol. The first-order valence-electron chi connectivity index (χ1n) is 17.9. The van der Waals surface area contributed by atoms with E-state index in [4.69, 9.17) is 21.3 Å². The Bertz CT molecular complexity index is 1650. The molecule has 0 amide bonds. The number of aromatic nitrogens is 1. The van der Waals surface area contributed by atoms with E-state index in [1.54, 1.807) is 0 Å². The van der Waals surface area contributed by atoms with Gasteiger partial charge in [0.05, 0.1) is 16.7 Å². The van der Waals surface area contributed by atoms with Crippen molar-refractivity contribution in [2.24, 2.45) is 51.2 Å². The van der Waals surface area contributed by atoms with Crippen LogP contribution < -0.4 is 0 Å². The van der Waals surface area contributed by atoms with Gasteiger partial charge in [-0.1, -0.05) is 102 Å². The Balaban J connectivity index is 1.28.